The molecule has 0 saturated heterocycles. The Kier molecular flexibility index (Phi) is 3.49. The highest BCUT2D eigenvalue weighted by atomic mass is 16.2. The molecule has 2 rings (SSSR count). The van der Waals surface area contributed by atoms with E-state index < -0.39 is 11.8 Å². The second-order valence-corrected chi connectivity index (χ2v) is 3.43. The molecular formula is C11H8N6O2. The number of anilines is 2. The monoisotopic (exact) mass is 256 g/mol. The largest absolute Gasteiger partial charge is 0.318 e. The van der Waals surface area contributed by atoms with Gasteiger partial charge in [-0.1, -0.05) is 0 Å². The van der Waals surface area contributed by atoms with Crippen molar-refractivity contribution < 1.29 is 9.59 Å². The Morgan fingerprint density at radius 3 is 2.42 bits per heavy atom. The predicted octanol–water partition coefficient (Wildman–Crippen LogP) is 0.254. The van der Waals surface area contributed by atoms with Crippen LogP contribution in [0.3, 0.4) is 0 Å². The lowest BCUT2D eigenvalue weighted by molar-refractivity contribution is -0.133. The molecule has 0 unspecified atom stereocenters. The van der Waals surface area contributed by atoms with Gasteiger partial charge in [0.25, 0.3) is 0 Å². The molecule has 0 fully saturated rings. The lowest BCUT2D eigenvalue weighted by Crippen LogP contribution is -2.29. The second kappa shape index (κ2) is 5.42. The van der Waals surface area contributed by atoms with E-state index in [0.29, 0.717) is 11.3 Å². The number of hydrogen-bond donors (Lipinski definition) is 3. The summed E-state index contributed by atoms with van der Waals surface area (Å²) in [4.78, 5) is 26.7. The van der Waals surface area contributed by atoms with Gasteiger partial charge >= 0.3 is 11.8 Å². The number of hydrogen-bond acceptors (Lipinski definition) is 5. The maximum atomic E-state index is 11.5. The summed E-state index contributed by atoms with van der Waals surface area (Å²) in [6.45, 7) is 0. The van der Waals surface area contributed by atoms with Gasteiger partial charge in [0.15, 0.2) is 0 Å². The Labute approximate surface area is 107 Å². The molecule has 0 saturated carbocycles. The summed E-state index contributed by atoms with van der Waals surface area (Å²) in [6, 6.07) is 8.06. The van der Waals surface area contributed by atoms with Crippen molar-refractivity contribution in [1.29, 1.82) is 5.26 Å². The van der Waals surface area contributed by atoms with E-state index in [1.54, 1.807) is 0 Å². The number of amides is 2. The van der Waals surface area contributed by atoms with Gasteiger partial charge in [0, 0.05) is 5.69 Å². The third-order valence-electron chi connectivity index (χ3n) is 2.13. The summed E-state index contributed by atoms with van der Waals surface area (Å²) >= 11 is 0. The molecule has 0 aliphatic heterocycles. The standard InChI is InChI=1S/C11H8N6O2/c12-5-7-1-3-8(4-2-7)15-9(18)10(19)16-11-13-6-14-17-11/h1-4,6H,(H,15,18)(H2,13,14,16,17,19). The average molecular weight is 256 g/mol. The van der Waals surface area contributed by atoms with Crippen molar-refractivity contribution in [2.75, 3.05) is 10.6 Å². The first-order valence-electron chi connectivity index (χ1n) is 5.17. The van der Waals surface area contributed by atoms with E-state index in [-0.39, 0.29) is 5.95 Å². The molecular weight excluding hydrogens is 248 g/mol. The van der Waals surface area contributed by atoms with Crippen LogP contribution in [0, 0.1) is 11.3 Å². The zero-order chi connectivity index (χ0) is 13.7. The van der Waals surface area contributed by atoms with Crippen molar-refractivity contribution in [1.82, 2.24) is 15.2 Å². The smallest absolute Gasteiger partial charge is 0.316 e. The molecule has 8 nitrogen and oxygen atoms in total. The van der Waals surface area contributed by atoms with Crippen molar-refractivity contribution in [3.05, 3.63) is 36.2 Å². The number of H-pyrrole nitrogens is 1. The maximum Gasteiger partial charge on any atom is 0.316 e. The Balaban J connectivity index is 1.96. The van der Waals surface area contributed by atoms with E-state index >= 15 is 0 Å². The summed E-state index contributed by atoms with van der Waals surface area (Å²) in [6.07, 6.45) is 1.20. The fraction of sp³-hybridized carbons (Fsp3) is 0. The minimum Gasteiger partial charge on any atom is -0.318 e. The molecule has 2 aromatic rings. The number of carbonyl (C=O) groups is 2. The van der Waals surface area contributed by atoms with Gasteiger partial charge in [-0.05, 0) is 24.3 Å². The molecule has 0 radical (unpaired) electrons. The fourth-order valence-corrected chi connectivity index (χ4v) is 1.25. The number of carbonyl (C=O) groups excluding carboxylic acids is 2. The van der Waals surface area contributed by atoms with Gasteiger partial charge < -0.3 is 5.32 Å². The molecule has 94 valence electrons. The summed E-state index contributed by atoms with van der Waals surface area (Å²) in [5.74, 6) is -1.64. The number of rotatable bonds is 2. The van der Waals surface area contributed by atoms with Crippen molar-refractivity contribution in [2.45, 2.75) is 0 Å². The molecule has 1 aromatic heterocycles. The van der Waals surface area contributed by atoms with Crippen LogP contribution in [0.2, 0.25) is 0 Å². The van der Waals surface area contributed by atoms with E-state index in [0.717, 1.165) is 0 Å². The first kappa shape index (κ1) is 12.3. The van der Waals surface area contributed by atoms with Crippen LogP contribution in [-0.4, -0.2) is 27.0 Å². The number of nitrogens with zero attached hydrogens (tertiary/aromatic N) is 3. The lowest BCUT2D eigenvalue weighted by Gasteiger charge is -2.04. The van der Waals surface area contributed by atoms with E-state index in [2.05, 4.69) is 25.8 Å². The Morgan fingerprint density at radius 1 is 1.16 bits per heavy atom. The minimum absolute atomic E-state index is 0.0833. The van der Waals surface area contributed by atoms with Crippen molar-refractivity contribution >= 4 is 23.5 Å². The molecule has 19 heavy (non-hydrogen) atoms. The first-order chi connectivity index (χ1) is 9.19. The third-order valence-corrected chi connectivity index (χ3v) is 2.13. The molecule has 0 bridgehead atoms. The zero-order valence-electron chi connectivity index (χ0n) is 9.54. The number of nitrogens with one attached hydrogen (secondary N) is 3. The SMILES string of the molecule is N#Cc1ccc(NC(=O)C(=O)Nc2ncn[nH]2)cc1. The molecule has 1 heterocycles. The first-order valence-corrected chi connectivity index (χ1v) is 5.17. The Morgan fingerprint density at radius 2 is 1.84 bits per heavy atom. The van der Waals surface area contributed by atoms with Crippen LogP contribution in [0.4, 0.5) is 11.6 Å². The molecule has 1 aromatic carbocycles. The van der Waals surface area contributed by atoms with Crippen LogP contribution >= 0.6 is 0 Å². The molecule has 0 atom stereocenters. The lowest BCUT2D eigenvalue weighted by atomic mass is 10.2. The quantitative estimate of drug-likeness (QED) is 0.664. The van der Waals surface area contributed by atoms with E-state index in [1.165, 1.54) is 30.6 Å². The van der Waals surface area contributed by atoms with Gasteiger partial charge in [-0.2, -0.15) is 15.3 Å². The van der Waals surface area contributed by atoms with E-state index in [4.69, 9.17) is 5.26 Å². The van der Waals surface area contributed by atoms with Gasteiger partial charge in [0.05, 0.1) is 11.6 Å². The summed E-state index contributed by atoms with van der Waals surface area (Å²) in [5.41, 5.74) is 0.876. The Bertz CT molecular complexity index is 626. The Hall–Kier alpha value is -3.21. The molecule has 8 heteroatoms. The minimum atomic E-state index is -0.874. The second-order valence-electron chi connectivity index (χ2n) is 3.43. The average Bonchev–Trinajstić information content (AvgIpc) is 2.92. The van der Waals surface area contributed by atoms with Gasteiger partial charge in [-0.25, -0.2) is 5.10 Å². The topological polar surface area (TPSA) is 124 Å². The summed E-state index contributed by atoms with van der Waals surface area (Å²) < 4.78 is 0. The molecule has 0 aliphatic carbocycles. The van der Waals surface area contributed by atoms with Crippen molar-refractivity contribution in [3.63, 3.8) is 0 Å². The van der Waals surface area contributed by atoms with E-state index in [9.17, 15) is 9.59 Å². The van der Waals surface area contributed by atoms with Crippen LogP contribution in [-0.2, 0) is 9.59 Å². The van der Waals surface area contributed by atoms with Crippen molar-refractivity contribution in [2.24, 2.45) is 0 Å². The fourth-order valence-electron chi connectivity index (χ4n) is 1.25. The molecule has 0 spiro atoms. The molecule has 2 amide bonds. The van der Waals surface area contributed by atoms with E-state index in [1.807, 2.05) is 6.07 Å². The highest BCUT2D eigenvalue weighted by molar-refractivity contribution is 6.43. The van der Waals surface area contributed by atoms with Gasteiger partial charge in [-0.15, -0.1) is 0 Å². The number of benzene rings is 1. The zero-order valence-corrected chi connectivity index (χ0v) is 9.54. The van der Waals surface area contributed by atoms with Crippen LogP contribution in [0.1, 0.15) is 5.56 Å². The highest BCUT2D eigenvalue weighted by Crippen LogP contribution is 2.08. The van der Waals surface area contributed by atoms with Crippen LogP contribution in [0.15, 0.2) is 30.6 Å². The normalized spacial score (nSPS) is 9.42. The third kappa shape index (κ3) is 3.13. The van der Waals surface area contributed by atoms with Crippen LogP contribution in [0.25, 0.3) is 0 Å². The van der Waals surface area contributed by atoms with Gasteiger partial charge in [0.2, 0.25) is 5.95 Å². The maximum absolute atomic E-state index is 11.5. The molecule has 0 aliphatic rings. The number of nitriles is 1. The van der Waals surface area contributed by atoms with Gasteiger partial charge in [0.1, 0.15) is 6.33 Å². The predicted molar refractivity (Wildman–Crippen MR) is 64.8 cm³/mol. The summed E-state index contributed by atoms with van der Waals surface area (Å²) in [7, 11) is 0. The van der Waals surface area contributed by atoms with Crippen molar-refractivity contribution in [3.8, 4) is 6.07 Å². The highest BCUT2D eigenvalue weighted by Gasteiger charge is 2.14. The summed E-state index contributed by atoms with van der Waals surface area (Å²) in [5, 5.41) is 19.2. The van der Waals surface area contributed by atoms with Crippen LogP contribution in [0.5, 0.6) is 0 Å². The van der Waals surface area contributed by atoms with Crippen LogP contribution < -0.4 is 10.6 Å². The van der Waals surface area contributed by atoms with Gasteiger partial charge in [-0.3, -0.25) is 14.9 Å². The number of aromatic nitrogens is 3. The molecule has 3 N–H and O–H groups in total. The number of aromatic amines is 1.